The van der Waals surface area contributed by atoms with Gasteiger partial charge in [-0.3, -0.25) is 8.75 Å². The molecule has 0 unspecified atom stereocenters. The zero-order valence-corrected chi connectivity index (χ0v) is 24.4. The minimum Gasteiger partial charge on any atom is -0.353 e. The quantitative estimate of drug-likeness (QED) is 0.257. The number of hydrogen-bond donors (Lipinski definition) is 0. The molecule has 0 saturated carbocycles. The molecule has 0 aromatic heterocycles. The summed E-state index contributed by atoms with van der Waals surface area (Å²) in [6.45, 7) is 4.97. The summed E-state index contributed by atoms with van der Waals surface area (Å²) in [4.78, 5) is -0.0286. The second kappa shape index (κ2) is 11.5. The maximum absolute atomic E-state index is 14.5. The highest BCUT2D eigenvalue weighted by atomic mass is 32.2. The number of benzene rings is 3. The predicted octanol–water partition coefficient (Wildman–Crippen LogP) is 3.91. The first-order valence-corrected chi connectivity index (χ1v) is 16.0. The van der Waals surface area contributed by atoms with Crippen molar-refractivity contribution in [3.05, 3.63) is 90.5 Å². The fourth-order valence-corrected chi connectivity index (χ4v) is 8.06. The molecule has 0 radical (unpaired) electrons. The van der Waals surface area contributed by atoms with Crippen molar-refractivity contribution in [1.29, 1.82) is 0 Å². The lowest BCUT2D eigenvalue weighted by Gasteiger charge is -2.29. The Morgan fingerprint density at radius 1 is 0.875 bits per heavy atom. The first-order valence-electron chi connectivity index (χ1n) is 12.9. The van der Waals surface area contributed by atoms with Crippen molar-refractivity contribution in [2.24, 2.45) is 0 Å². The smallest absolute Gasteiger partial charge is 0.297 e. The minimum absolute atomic E-state index is 0.0286. The Morgan fingerprint density at radius 2 is 1.43 bits per heavy atom. The van der Waals surface area contributed by atoms with Crippen LogP contribution in [0, 0.1) is 6.92 Å². The molecule has 0 bridgehead atoms. The Balaban J connectivity index is 1.51. The largest absolute Gasteiger partial charge is 0.353 e. The molecule has 0 aliphatic carbocycles. The van der Waals surface area contributed by atoms with Crippen molar-refractivity contribution in [3.63, 3.8) is 0 Å². The SMILES string of the molecule is CO[C@H]1O[C@H]([C@@H](COP(=O)(c2ccccc2)c2ccccc2)OS(=O)(=O)c2ccc(C)cc2)[C@@H]2OC(C)(C)O[C@H]12. The van der Waals surface area contributed by atoms with E-state index < -0.39 is 54.0 Å². The van der Waals surface area contributed by atoms with E-state index in [9.17, 15) is 13.0 Å². The average molecular weight is 589 g/mol. The van der Waals surface area contributed by atoms with Crippen molar-refractivity contribution in [2.75, 3.05) is 13.7 Å². The summed E-state index contributed by atoms with van der Waals surface area (Å²) in [6, 6.07) is 23.9. The number of fused-ring (bicyclic) bond motifs is 1. The predicted molar refractivity (Wildman–Crippen MR) is 148 cm³/mol. The average Bonchev–Trinajstić information content (AvgIpc) is 3.44. The summed E-state index contributed by atoms with van der Waals surface area (Å²) >= 11 is 0. The van der Waals surface area contributed by atoms with Gasteiger partial charge in [0.2, 0.25) is 0 Å². The lowest BCUT2D eigenvalue weighted by molar-refractivity contribution is -0.236. The Hall–Kier alpha value is -2.40. The van der Waals surface area contributed by atoms with Crippen molar-refractivity contribution >= 4 is 28.1 Å². The third kappa shape index (κ3) is 5.95. The van der Waals surface area contributed by atoms with E-state index in [1.54, 1.807) is 74.5 Å². The molecule has 2 fully saturated rings. The topological polar surface area (TPSA) is 107 Å². The molecule has 3 aromatic rings. The van der Waals surface area contributed by atoms with Crippen LogP contribution in [0.2, 0.25) is 0 Å². The van der Waals surface area contributed by atoms with Gasteiger partial charge in [-0.25, -0.2) is 0 Å². The van der Waals surface area contributed by atoms with Gasteiger partial charge in [-0.2, -0.15) is 8.42 Å². The van der Waals surface area contributed by atoms with Crippen LogP contribution < -0.4 is 10.6 Å². The van der Waals surface area contributed by atoms with E-state index in [-0.39, 0.29) is 11.5 Å². The lowest BCUT2D eigenvalue weighted by atomic mass is 10.1. The summed E-state index contributed by atoms with van der Waals surface area (Å²) in [6.07, 6.45) is -4.42. The van der Waals surface area contributed by atoms with E-state index in [4.69, 9.17) is 27.7 Å². The molecule has 0 N–H and O–H groups in total. The van der Waals surface area contributed by atoms with Crippen LogP contribution in [0.15, 0.2) is 89.8 Å². The van der Waals surface area contributed by atoms with Crippen LogP contribution in [-0.2, 0) is 42.3 Å². The van der Waals surface area contributed by atoms with Crippen LogP contribution in [0.5, 0.6) is 0 Å². The van der Waals surface area contributed by atoms with Gasteiger partial charge in [0, 0.05) is 17.7 Å². The van der Waals surface area contributed by atoms with Crippen LogP contribution in [0.3, 0.4) is 0 Å². The highest BCUT2D eigenvalue weighted by molar-refractivity contribution is 7.86. The van der Waals surface area contributed by atoms with Gasteiger partial charge in [-0.15, -0.1) is 0 Å². The number of methoxy groups -OCH3 is 1. The number of ether oxygens (including phenoxy) is 4. The maximum atomic E-state index is 14.5. The van der Waals surface area contributed by atoms with Crippen LogP contribution >= 0.6 is 7.37 Å². The van der Waals surface area contributed by atoms with Gasteiger partial charge in [0.25, 0.3) is 17.5 Å². The molecule has 0 spiro atoms. The monoisotopic (exact) mass is 588 g/mol. The van der Waals surface area contributed by atoms with Gasteiger partial charge in [0.15, 0.2) is 12.1 Å². The first-order chi connectivity index (χ1) is 19.0. The molecule has 40 heavy (non-hydrogen) atoms. The van der Waals surface area contributed by atoms with Gasteiger partial charge < -0.3 is 23.5 Å². The molecule has 5 rings (SSSR count). The molecular weight excluding hydrogens is 555 g/mol. The summed E-state index contributed by atoms with van der Waals surface area (Å²) in [5.74, 6) is -0.960. The lowest BCUT2D eigenvalue weighted by Crippen LogP contribution is -2.44. The Labute approximate surface area is 234 Å². The Bertz CT molecular complexity index is 1400. The fourth-order valence-electron chi connectivity index (χ4n) is 4.91. The highest BCUT2D eigenvalue weighted by Gasteiger charge is 2.58. The standard InChI is InChI=1S/C29H33O9PS/c1-20-15-17-23(18-16-20)40(31,32)38-24(25-26-27(28(33-4)35-25)37-29(2,3)36-26)19-34-39(30,21-11-7-5-8-12-21)22-13-9-6-10-14-22/h5-18,24-28H,19H2,1-4H3/t24-,25-,26+,27+,28+/m1/s1. The summed E-state index contributed by atoms with van der Waals surface area (Å²) < 4.78 is 77.0. The maximum Gasteiger partial charge on any atom is 0.297 e. The molecule has 214 valence electrons. The van der Waals surface area contributed by atoms with Gasteiger partial charge in [0.1, 0.15) is 24.4 Å². The third-order valence-electron chi connectivity index (χ3n) is 6.82. The Morgan fingerprint density at radius 3 is 1.98 bits per heavy atom. The minimum atomic E-state index is -4.28. The molecular formula is C29H33O9PS. The van der Waals surface area contributed by atoms with E-state index in [0.29, 0.717) is 10.6 Å². The first kappa shape index (κ1) is 29.1. The molecule has 0 amide bonds. The molecule has 3 aromatic carbocycles. The summed E-state index contributed by atoms with van der Waals surface area (Å²) in [5, 5.41) is 0.922. The molecule has 2 saturated heterocycles. The number of rotatable bonds is 10. The third-order valence-corrected chi connectivity index (χ3v) is 10.6. The van der Waals surface area contributed by atoms with Crippen LogP contribution in [0.25, 0.3) is 0 Å². The second-order valence-electron chi connectivity index (χ2n) is 10.2. The molecule has 2 heterocycles. The van der Waals surface area contributed by atoms with Crippen molar-refractivity contribution in [3.8, 4) is 0 Å². The fraction of sp³-hybridized carbons (Fsp3) is 0.379. The number of hydrogen-bond acceptors (Lipinski definition) is 9. The van der Waals surface area contributed by atoms with Crippen molar-refractivity contribution in [1.82, 2.24) is 0 Å². The van der Waals surface area contributed by atoms with E-state index in [1.165, 1.54) is 19.2 Å². The van der Waals surface area contributed by atoms with Crippen molar-refractivity contribution < 1.29 is 40.6 Å². The molecule has 2 aliphatic rings. The second-order valence-corrected chi connectivity index (χ2v) is 14.2. The number of aryl methyl sites for hydroxylation is 1. The van der Waals surface area contributed by atoms with Crippen molar-refractivity contribution in [2.45, 2.75) is 62.2 Å². The van der Waals surface area contributed by atoms with Gasteiger partial charge in [-0.1, -0.05) is 54.1 Å². The van der Waals surface area contributed by atoms with Gasteiger partial charge in [0.05, 0.1) is 11.5 Å². The van der Waals surface area contributed by atoms with Crippen LogP contribution in [-0.4, -0.2) is 58.6 Å². The van der Waals surface area contributed by atoms with Gasteiger partial charge >= 0.3 is 0 Å². The molecule has 11 heteroatoms. The van der Waals surface area contributed by atoms with E-state index in [2.05, 4.69) is 0 Å². The molecule has 2 aliphatic heterocycles. The molecule has 9 nitrogen and oxygen atoms in total. The zero-order valence-electron chi connectivity index (χ0n) is 22.7. The zero-order chi connectivity index (χ0) is 28.5. The van der Waals surface area contributed by atoms with Crippen LogP contribution in [0.1, 0.15) is 19.4 Å². The summed E-state index contributed by atoms with van der Waals surface area (Å²) in [7, 11) is -6.49. The normalized spacial score (nSPS) is 25.0. The van der Waals surface area contributed by atoms with E-state index in [1.807, 2.05) is 19.1 Å². The van der Waals surface area contributed by atoms with E-state index in [0.717, 1.165) is 5.56 Å². The highest BCUT2D eigenvalue weighted by Crippen LogP contribution is 2.46. The van der Waals surface area contributed by atoms with E-state index >= 15 is 0 Å². The molecule has 5 atom stereocenters. The Kier molecular flexibility index (Phi) is 8.34. The van der Waals surface area contributed by atoms with Crippen LogP contribution in [0.4, 0.5) is 0 Å². The summed E-state index contributed by atoms with van der Waals surface area (Å²) in [5.41, 5.74) is 0.897. The van der Waals surface area contributed by atoms with Gasteiger partial charge in [-0.05, 0) is 57.2 Å².